The van der Waals surface area contributed by atoms with Crippen LogP contribution in [0.2, 0.25) is 5.02 Å². The fourth-order valence-corrected chi connectivity index (χ4v) is 3.19. The number of aliphatic hydroxyl groups excluding tert-OH is 1. The second-order valence-corrected chi connectivity index (χ2v) is 6.42. The van der Waals surface area contributed by atoms with Gasteiger partial charge in [0.15, 0.2) is 0 Å². The maximum absolute atomic E-state index is 9.34. The highest BCUT2D eigenvalue weighted by Crippen LogP contribution is 2.32. The molecule has 5 heteroatoms. The number of hydrogen-bond acceptors (Lipinski definition) is 4. The molecule has 3 nitrogen and oxygen atoms in total. The van der Waals surface area contributed by atoms with E-state index in [9.17, 15) is 5.11 Å². The maximum Gasteiger partial charge on any atom is 0.123 e. The Labute approximate surface area is 128 Å². The number of thiazole rings is 1. The predicted octanol–water partition coefficient (Wildman–Crippen LogP) is 3.80. The van der Waals surface area contributed by atoms with E-state index in [1.807, 2.05) is 31.2 Å². The van der Waals surface area contributed by atoms with Crippen molar-refractivity contribution in [3.8, 4) is 10.6 Å². The molecule has 2 N–H and O–H groups in total. The number of hydrogen-bond donors (Lipinski definition) is 2. The zero-order chi connectivity index (χ0) is 14.7. The van der Waals surface area contributed by atoms with Gasteiger partial charge in [0.05, 0.1) is 11.8 Å². The second-order valence-electron chi connectivity index (χ2n) is 4.95. The van der Waals surface area contributed by atoms with Gasteiger partial charge in [-0.15, -0.1) is 11.3 Å². The van der Waals surface area contributed by atoms with Crippen LogP contribution in [-0.4, -0.2) is 22.7 Å². The molecule has 0 saturated heterocycles. The van der Waals surface area contributed by atoms with Crippen LogP contribution in [0.3, 0.4) is 0 Å². The van der Waals surface area contributed by atoms with Gasteiger partial charge >= 0.3 is 0 Å². The summed E-state index contributed by atoms with van der Waals surface area (Å²) in [7, 11) is 0. The van der Waals surface area contributed by atoms with E-state index >= 15 is 0 Å². The summed E-state index contributed by atoms with van der Waals surface area (Å²) in [4.78, 5) is 5.84. The molecule has 2 unspecified atom stereocenters. The number of aliphatic hydroxyl groups is 1. The average molecular weight is 311 g/mol. The molecule has 0 fully saturated rings. The Morgan fingerprint density at radius 1 is 1.30 bits per heavy atom. The summed E-state index contributed by atoms with van der Waals surface area (Å²) < 4.78 is 0. The lowest BCUT2D eigenvalue weighted by atomic mass is 10.2. The van der Waals surface area contributed by atoms with Crippen molar-refractivity contribution in [2.75, 3.05) is 6.54 Å². The molecule has 2 rings (SSSR count). The number of rotatable bonds is 5. The summed E-state index contributed by atoms with van der Waals surface area (Å²) in [6, 6.07) is 7.91. The number of nitrogens with zero attached hydrogens (tertiary/aromatic N) is 1. The van der Waals surface area contributed by atoms with Crippen LogP contribution in [0, 0.1) is 6.92 Å². The molecule has 1 heterocycles. The van der Waals surface area contributed by atoms with Crippen LogP contribution in [0.25, 0.3) is 10.6 Å². The van der Waals surface area contributed by atoms with Crippen molar-refractivity contribution >= 4 is 22.9 Å². The molecular formula is C15H19ClN2OS. The van der Waals surface area contributed by atoms with E-state index < -0.39 is 0 Å². The number of benzene rings is 1. The molecule has 0 aliphatic heterocycles. The molecular weight excluding hydrogens is 292 g/mol. The van der Waals surface area contributed by atoms with Gasteiger partial charge in [0, 0.05) is 28.0 Å². The molecule has 0 saturated carbocycles. The SMILES string of the molecule is Cc1nc(-c2ccc(Cl)cc2)sc1C(C)NCC(C)O. The van der Waals surface area contributed by atoms with Crippen molar-refractivity contribution in [1.29, 1.82) is 0 Å². The van der Waals surface area contributed by atoms with Gasteiger partial charge in [0.1, 0.15) is 5.01 Å². The van der Waals surface area contributed by atoms with Gasteiger partial charge in [0.25, 0.3) is 0 Å². The molecule has 20 heavy (non-hydrogen) atoms. The summed E-state index contributed by atoms with van der Waals surface area (Å²) in [5, 5.41) is 14.4. The Morgan fingerprint density at radius 2 is 1.95 bits per heavy atom. The van der Waals surface area contributed by atoms with Crippen LogP contribution >= 0.6 is 22.9 Å². The van der Waals surface area contributed by atoms with Gasteiger partial charge in [-0.05, 0) is 32.9 Å². The molecule has 0 radical (unpaired) electrons. The molecule has 2 atom stereocenters. The summed E-state index contributed by atoms with van der Waals surface area (Å²) in [6.45, 7) is 6.47. The highest BCUT2D eigenvalue weighted by atomic mass is 35.5. The van der Waals surface area contributed by atoms with Gasteiger partial charge < -0.3 is 10.4 Å². The minimum Gasteiger partial charge on any atom is -0.392 e. The lowest BCUT2D eigenvalue weighted by Crippen LogP contribution is -2.27. The Hall–Kier alpha value is -0.940. The molecule has 0 amide bonds. The van der Waals surface area contributed by atoms with Gasteiger partial charge in [-0.3, -0.25) is 0 Å². The summed E-state index contributed by atoms with van der Waals surface area (Å²) in [5.41, 5.74) is 2.11. The standard InChI is InChI=1S/C15H19ClN2OS/c1-9(19)8-17-10(2)14-11(3)18-15(20-14)12-4-6-13(16)7-5-12/h4-7,9-10,17,19H,8H2,1-3H3. The van der Waals surface area contributed by atoms with Crippen LogP contribution < -0.4 is 5.32 Å². The molecule has 108 valence electrons. The summed E-state index contributed by atoms with van der Waals surface area (Å²) >= 11 is 7.59. The Bertz CT molecular complexity index is 566. The molecule has 1 aromatic heterocycles. The Kier molecular flexibility index (Phi) is 5.16. The van der Waals surface area contributed by atoms with Crippen molar-refractivity contribution in [2.24, 2.45) is 0 Å². The average Bonchev–Trinajstić information content (AvgIpc) is 2.79. The van der Waals surface area contributed by atoms with E-state index in [0.717, 1.165) is 21.3 Å². The molecule has 0 aliphatic rings. The molecule has 0 spiro atoms. The Balaban J connectivity index is 2.18. The first-order valence-corrected chi connectivity index (χ1v) is 7.81. The van der Waals surface area contributed by atoms with E-state index in [1.54, 1.807) is 18.3 Å². The monoisotopic (exact) mass is 310 g/mol. The maximum atomic E-state index is 9.34. The summed E-state index contributed by atoms with van der Waals surface area (Å²) in [6.07, 6.45) is -0.346. The highest BCUT2D eigenvalue weighted by Gasteiger charge is 2.15. The molecule has 2 aromatic rings. The number of aryl methyl sites for hydroxylation is 1. The second kappa shape index (κ2) is 6.68. The van der Waals surface area contributed by atoms with E-state index in [2.05, 4.69) is 17.2 Å². The minimum atomic E-state index is -0.346. The number of aromatic nitrogens is 1. The number of halogens is 1. The fourth-order valence-electron chi connectivity index (χ4n) is 1.97. The normalized spacial score (nSPS) is 14.2. The lowest BCUT2D eigenvalue weighted by Gasteiger charge is -2.13. The first-order valence-electron chi connectivity index (χ1n) is 6.62. The van der Waals surface area contributed by atoms with Crippen LogP contribution in [0.1, 0.15) is 30.5 Å². The van der Waals surface area contributed by atoms with E-state index in [-0.39, 0.29) is 12.1 Å². The third-order valence-corrected chi connectivity index (χ3v) is 4.68. The minimum absolute atomic E-state index is 0.183. The third-order valence-electron chi connectivity index (χ3n) is 3.04. The highest BCUT2D eigenvalue weighted by molar-refractivity contribution is 7.15. The van der Waals surface area contributed by atoms with E-state index in [1.165, 1.54) is 4.88 Å². The lowest BCUT2D eigenvalue weighted by molar-refractivity contribution is 0.187. The van der Waals surface area contributed by atoms with Crippen molar-refractivity contribution in [3.05, 3.63) is 39.9 Å². The van der Waals surface area contributed by atoms with Crippen LogP contribution in [0.5, 0.6) is 0 Å². The van der Waals surface area contributed by atoms with Crippen molar-refractivity contribution in [2.45, 2.75) is 32.9 Å². The largest absolute Gasteiger partial charge is 0.392 e. The zero-order valence-electron chi connectivity index (χ0n) is 11.9. The van der Waals surface area contributed by atoms with Crippen LogP contribution in [0.15, 0.2) is 24.3 Å². The van der Waals surface area contributed by atoms with Crippen LogP contribution in [0.4, 0.5) is 0 Å². The quantitative estimate of drug-likeness (QED) is 0.883. The van der Waals surface area contributed by atoms with Gasteiger partial charge in [-0.1, -0.05) is 23.7 Å². The number of nitrogens with one attached hydrogen (secondary N) is 1. The first-order chi connectivity index (χ1) is 9.47. The first kappa shape index (κ1) is 15.4. The summed E-state index contributed by atoms with van der Waals surface area (Å²) in [5.74, 6) is 0. The molecule has 0 aliphatic carbocycles. The predicted molar refractivity (Wildman–Crippen MR) is 85.4 cm³/mol. The van der Waals surface area contributed by atoms with Crippen LogP contribution in [-0.2, 0) is 0 Å². The van der Waals surface area contributed by atoms with Crippen molar-refractivity contribution in [1.82, 2.24) is 10.3 Å². The van der Waals surface area contributed by atoms with Crippen molar-refractivity contribution in [3.63, 3.8) is 0 Å². The van der Waals surface area contributed by atoms with Crippen molar-refractivity contribution < 1.29 is 5.11 Å². The van der Waals surface area contributed by atoms with E-state index in [4.69, 9.17) is 11.6 Å². The van der Waals surface area contributed by atoms with Gasteiger partial charge in [-0.2, -0.15) is 0 Å². The van der Waals surface area contributed by atoms with Gasteiger partial charge in [-0.25, -0.2) is 4.98 Å². The van der Waals surface area contributed by atoms with E-state index in [0.29, 0.717) is 6.54 Å². The van der Waals surface area contributed by atoms with Gasteiger partial charge in [0.2, 0.25) is 0 Å². The fraction of sp³-hybridized carbons (Fsp3) is 0.400. The third kappa shape index (κ3) is 3.79. The Morgan fingerprint density at radius 3 is 2.55 bits per heavy atom. The smallest absolute Gasteiger partial charge is 0.123 e. The topological polar surface area (TPSA) is 45.2 Å². The molecule has 0 bridgehead atoms. The molecule has 1 aromatic carbocycles. The zero-order valence-corrected chi connectivity index (χ0v) is 13.4.